The number of rotatable bonds is 3. The standard InChI is InChI=1S/C11H12BrClO2/c1-3-8(11(14)15-2)9-5-4-7(13)6-10(9)12/h4-6,8H,3H2,1-2H3. The molecule has 0 saturated heterocycles. The molecule has 1 aromatic rings. The van der Waals surface area contributed by atoms with Crippen LogP contribution in [0.1, 0.15) is 24.8 Å². The van der Waals surface area contributed by atoms with Crippen molar-refractivity contribution < 1.29 is 9.53 Å². The molecule has 1 rings (SSSR count). The van der Waals surface area contributed by atoms with Crippen LogP contribution in [0.25, 0.3) is 0 Å². The van der Waals surface area contributed by atoms with Gasteiger partial charge in [-0.1, -0.05) is 40.5 Å². The van der Waals surface area contributed by atoms with E-state index in [1.54, 1.807) is 12.1 Å². The van der Waals surface area contributed by atoms with Crippen LogP contribution >= 0.6 is 27.5 Å². The molecule has 1 unspecified atom stereocenters. The maximum atomic E-state index is 11.5. The molecule has 0 fully saturated rings. The molecule has 0 bridgehead atoms. The summed E-state index contributed by atoms with van der Waals surface area (Å²) >= 11 is 9.23. The average molecular weight is 292 g/mol. The van der Waals surface area contributed by atoms with Crippen LogP contribution in [0.4, 0.5) is 0 Å². The van der Waals surface area contributed by atoms with Crippen LogP contribution in [0.2, 0.25) is 5.02 Å². The van der Waals surface area contributed by atoms with Gasteiger partial charge in [-0.25, -0.2) is 0 Å². The van der Waals surface area contributed by atoms with E-state index in [0.29, 0.717) is 11.4 Å². The van der Waals surface area contributed by atoms with Gasteiger partial charge in [0, 0.05) is 9.50 Å². The minimum absolute atomic E-state index is 0.222. The Morgan fingerprint density at radius 3 is 2.73 bits per heavy atom. The fourth-order valence-corrected chi connectivity index (χ4v) is 2.40. The molecular formula is C11H12BrClO2. The quantitative estimate of drug-likeness (QED) is 0.793. The van der Waals surface area contributed by atoms with Gasteiger partial charge in [-0.2, -0.15) is 0 Å². The highest BCUT2D eigenvalue weighted by atomic mass is 79.9. The third kappa shape index (κ3) is 2.95. The van der Waals surface area contributed by atoms with Crippen LogP contribution in [0.15, 0.2) is 22.7 Å². The summed E-state index contributed by atoms with van der Waals surface area (Å²) in [5, 5.41) is 0.644. The Balaban J connectivity index is 3.07. The van der Waals surface area contributed by atoms with Crippen molar-refractivity contribution in [3.05, 3.63) is 33.3 Å². The summed E-state index contributed by atoms with van der Waals surface area (Å²) in [6.07, 6.45) is 0.701. The van der Waals surface area contributed by atoms with Gasteiger partial charge in [0.05, 0.1) is 13.0 Å². The van der Waals surface area contributed by atoms with Crippen molar-refractivity contribution in [3.8, 4) is 0 Å². The number of hydrogen-bond donors (Lipinski definition) is 0. The first-order valence-corrected chi connectivity index (χ1v) is 5.80. The highest BCUT2D eigenvalue weighted by Gasteiger charge is 2.21. The van der Waals surface area contributed by atoms with Gasteiger partial charge in [-0.05, 0) is 24.1 Å². The SMILES string of the molecule is CCC(C(=O)OC)c1ccc(Cl)cc1Br. The molecule has 82 valence electrons. The Hall–Kier alpha value is -0.540. The number of esters is 1. The van der Waals surface area contributed by atoms with Crippen molar-refractivity contribution in [1.29, 1.82) is 0 Å². The van der Waals surface area contributed by atoms with E-state index in [9.17, 15) is 4.79 Å². The van der Waals surface area contributed by atoms with E-state index >= 15 is 0 Å². The molecule has 0 N–H and O–H groups in total. The van der Waals surface area contributed by atoms with E-state index in [1.165, 1.54) is 7.11 Å². The number of carbonyl (C=O) groups is 1. The zero-order valence-corrected chi connectivity index (χ0v) is 10.9. The Morgan fingerprint density at radius 2 is 2.27 bits per heavy atom. The molecule has 15 heavy (non-hydrogen) atoms. The van der Waals surface area contributed by atoms with Gasteiger partial charge in [0.15, 0.2) is 0 Å². The van der Waals surface area contributed by atoms with Crippen LogP contribution in [-0.4, -0.2) is 13.1 Å². The topological polar surface area (TPSA) is 26.3 Å². The molecular weight excluding hydrogens is 279 g/mol. The van der Waals surface area contributed by atoms with E-state index < -0.39 is 0 Å². The van der Waals surface area contributed by atoms with E-state index in [2.05, 4.69) is 15.9 Å². The predicted octanol–water partition coefficient (Wildman–Crippen LogP) is 3.77. The smallest absolute Gasteiger partial charge is 0.313 e. The second-order valence-electron chi connectivity index (χ2n) is 3.15. The summed E-state index contributed by atoms with van der Waals surface area (Å²) in [6, 6.07) is 5.40. The molecule has 1 aromatic carbocycles. The first-order valence-electron chi connectivity index (χ1n) is 4.63. The highest BCUT2D eigenvalue weighted by molar-refractivity contribution is 9.10. The molecule has 0 aromatic heterocycles. The molecule has 0 aliphatic rings. The van der Waals surface area contributed by atoms with Crippen molar-refractivity contribution in [2.24, 2.45) is 0 Å². The number of hydrogen-bond acceptors (Lipinski definition) is 2. The van der Waals surface area contributed by atoms with Gasteiger partial charge in [0.1, 0.15) is 0 Å². The van der Waals surface area contributed by atoms with Gasteiger partial charge in [-0.3, -0.25) is 4.79 Å². The molecule has 4 heteroatoms. The first kappa shape index (κ1) is 12.5. The van der Waals surface area contributed by atoms with Crippen LogP contribution in [0.3, 0.4) is 0 Å². The molecule has 0 saturated carbocycles. The molecule has 1 atom stereocenters. The normalized spacial score (nSPS) is 12.3. The van der Waals surface area contributed by atoms with Gasteiger partial charge >= 0.3 is 5.97 Å². The number of halogens is 2. The minimum Gasteiger partial charge on any atom is -0.469 e. The van der Waals surface area contributed by atoms with Crippen molar-refractivity contribution >= 4 is 33.5 Å². The lowest BCUT2D eigenvalue weighted by Crippen LogP contribution is -2.13. The van der Waals surface area contributed by atoms with Gasteiger partial charge in [-0.15, -0.1) is 0 Å². The molecule has 0 spiro atoms. The van der Waals surface area contributed by atoms with Crippen LogP contribution in [0.5, 0.6) is 0 Å². The van der Waals surface area contributed by atoms with E-state index in [1.807, 2.05) is 13.0 Å². The monoisotopic (exact) mass is 290 g/mol. The van der Waals surface area contributed by atoms with Gasteiger partial charge < -0.3 is 4.74 Å². The van der Waals surface area contributed by atoms with Gasteiger partial charge in [0.25, 0.3) is 0 Å². The average Bonchev–Trinajstić information content (AvgIpc) is 2.21. The largest absolute Gasteiger partial charge is 0.469 e. The van der Waals surface area contributed by atoms with Crippen molar-refractivity contribution in [2.45, 2.75) is 19.3 Å². The number of benzene rings is 1. The summed E-state index contributed by atoms with van der Waals surface area (Å²) in [4.78, 5) is 11.5. The Labute approximate surface area is 103 Å². The predicted molar refractivity (Wildman–Crippen MR) is 64.2 cm³/mol. The Kier molecular flexibility index (Phi) is 4.61. The lowest BCUT2D eigenvalue weighted by molar-refractivity contribution is -0.142. The maximum Gasteiger partial charge on any atom is 0.313 e. The third-order valence-corrected chi connectivity index (χ3v) is 3.15. The summed E-state index contributed by atoms with van der Waals surface area (Å²) in [5.74, 6) is -0.456. The summed E-state index contributed by atoms with van der Waals surface area (Å²) in [7, 11) is 1.40. The van der Waals surface area contributed by atoms with E-state index in [4.69, 9.17) is 16.3 Å². The lowest BCUT2D eigenvalue weighted by atomic mass is 9.97. The number of ether oxygens (including phenoxy) is 1. The van der Waals surface area contributed by atoms with E-state index in [-0.39, 0.29) is 11.9 Å². The molecule has 0 radical (unpaired) electrons. The Morgan fingerprint density at radius 1 is 1.60 bits per heavy atom. The highest BCUT2D eigenvalue weighted by Crippen LogP contribution is 2.30. The molecule has 0 aliphatic carbocycles. The second-order valence-corrected chi connectivity index (χ2v) is 4.44. The maximum absolute atomic E-state index is 11.5. The molecule has 2 nitrogen and oxygen atoms in total. The Bertz CT molecular complexity index is 366. The van der Waals surface area contributed by atoms with E-state index in [0.717, 1.165) is 10.0 Å². The second kappa shape index (κ2) is 5.52. The van der Waals surface area contributed by atoms with Crippen molar-refractivity contribution in [3.63, 3.8) is 0 Å². The number of methoxy groups -OCH3 is 1. The first-order chi connectivity index (χ1) is 7.10. The van der Waals surface area contributed by atoms with Gasteiger partial charge in [0.2, 0.25) is 0 Å². The fraction of sp³-hybridized carbons (Fsp3) is 0.364. The minimum atomic E-state index is -0.235. The summed E-state index contributed by atoms with van der Waals surface area (Å²) in [5.41, 5.74) is 0.911. The summed E-state index contributed by atoms with van der Waals surface area (Å²) < 4.78 is 5.59. The number of carbonyl (C=O) groups excluding carboxylic acids is 1. The molecule has 0 amide bonds. The summed E-state index contributed by atoms with van der Waals surface area (Å²) in [6.45, 7) is 1.95. The van der Waals surface area contributed by atoms with Crippen LogP contribution in [-0.2, 0) is 9.53 Å². The van der Waals surface area contributed by atoms with Crippen LogP contribution < -0.4 is 0 Å². The zero-order valence-electron chi connectivity index (χ0n) is 8.59. The van der Waals surface area contributed by atoms with Crippen molar-refractivity contribution in [2.75, 3.05) is 7.11 Å². The molecule has 0 aliphatic heterocycles. The lowest BCUT2D eigenvalue weighted by Gasteiger charge is -2.14. The van der Waals surface area contributed by atoms with Crippen molar-refractivity contribution in [1.82, 2.24) is 0 Å². The zero-order chi connectivity index (χ0) is 11.4. The third-order valence-electron chi connectivity index (χ3n) is 2.23. The fourth-order valence-electron chi connectivity index (χ4n) is 1.44. The van der Waals surface area contributed by atoms with Crippen LogP contribution in [0, 0.1) is 0 Å². The molecule has 0 heterocycles.